The summed E-state index contributed by atoms with van der Waals surface area (Å²) in [5.74, 6) is 2.21. The van der Waals surface area contributed by atoms with Crippen LogP contribution in [0.1, 0.15) is 6.42 Å². The smallest absolute Gasteiger partial charge is 0.184 e. The van der Waals surface area contributed by atoms with Gasteiger partial charge in [-0.3, -0.25) is 0 Å². The molecule has 0 spiro atoms. The molecule has 0 radical (unpaired) electrons. The van der Waals surface area contributed by atoms with E-state index in [1.54, 1.807) is 0 Å². The molecule has 2 aromatic carbocycles. The second kappa shape index (κ2) is 6.48. The van der Waals surface area contributed by atoms with E-state index in [-0.39, 0.29) is 6.10 Å². The van der Waals surface area contributed by atoms with E-state index in [1.807, 2.05) is 60.7 Å². The quantitative estimate of drug-likeness (QED) is 0.588. The summed E-state index contributed by atoms with van der Waals surface area (Å²) >= 11 is 0. The largest absolute Gasteiger partial charge is 0.391 e. The molecular formula is C21H19N5O. The van der Waals surface area contributed by atoms with Crippen LogP contribution in [0, 0.1) is 0 Å². The molecule has 0 saturated carbocycles. The molecule has 0 bridgehead atoms. The Labute approximate surface area is 156 Å². The maximum Gasteiger partial charge on any atom is 0.184 e. The van der Waals surface area contributed by atoms with Crippen LogP contribution in [-0.4, -0.2) is 44.2 Å². The molecule has 1 atom stereocenters. The van der Waals surface area contributed by atoms with E-state index in [2.05, 4.69) is 9.88 Å². The average Bonchev–Trinajstić information content (AvgIpc) is 3.35. The van der Waals surface area contributed by atoms with Crippen LogP contribution in [0.15, 0.2) is 60.7 Å². The van der Waals surface area contributed by atoms with Crippen LogP contribution in [0.4, 0.5) is 5.82 Å². The predicted molar refractivity (Wildman–Crippen MR) is 105 cm³/mol. The number of rotatable bonds is 3. The molecule has 6 heteroatoms. The van der Waals surface area contributed by atoms with Crippen LogP contribution < -0.4 is 4.90 Å². The zero-order valence-corrected chi connectivity index (χ0v) is 14.7. The van der Waals surface area contributed by atoms with E-state index in [0.29, 0.717) is 18.0 Å². The average molecular weight is 357 g/mol. The van der Waals surface area contributed by atoms with Crippen molar-refractivity contribution in [3.05, 3.63) is 60.7 Å². The van der Waals surface area contributed by atoms with Gasteiger partial charge in [0.2, 0.25) is 0 Å². The molecule has 2 aromatic heterocycles. The molecule has 1 unspecified atom stereocenters. The molecule has 0 aliphatic carbocycles. The Morgan fingerprint density at radius 2 is 1.59 bits per heavy atom. The first-order valence-corrected chi connectivity index (χ1v) is 9.09. The topological polar surface area (TPSA) is 77.9 Å². The number of hydrogen-bond donors (Lipinski definition) is 2. The van der Waals surface area contributed by atoms with Gasteiger partial charge in [-0.25, -0.2) is 15.0 Å². The first-order valence-electron chi connectivity index (χ1n) is 9.09. The van der Waals surface area contributed by atoms with Crippen molar-refractivity contribution in [3.8, 4) is 22.8 Å². The Morgan fingerprint density at radius 1 is 0.889 bits per heavy atom. The maximum atomic E-state index is 9.99. The first-order chi connectivity index (χ1) is 13.3. The van der Waals surface area contributed by atoms with Crippen molar-refractivity contribution < 1.29 is 5.11 Å². The van der Waals surface area contributed by atoms with E-state index in [1.165, 1.54) is 0 Å². The van der Waals surface area contributed by atoms with Crippen molar-refractivity contribution >= 4 is 17.0 Å². The molecule has 1 aliphatic rings. The number of β-amino-alcohol motifs (C(OH)–C–C–N with tert-alkyl or cyclic N) is 1. The molecule has 27 heavy (non-hydrogen) atoms. The van der Waals surface area contributed by atoms with Crippen LogP contribution in [0.3, 0.4) is 0 Å². The van der Waals surface area contributed by atoms with Crippen molar-refractivity contribution in [2.24, 2.45) is 0 Å². The van der Waals surface area contributed by atoms with Gasteiger partial charge in [-0.05, 0) is 6.42 Å². The number of nitrogens with one attached hydrogen (secondary N) is 1. The van der Waals surface area contributed by atoms with Crippen LogP contribution in [-0.2, 0) is 0 Å². The lowest BCUT2D eigenvalue weighted by atomic mass is 10.2. The zero-order valence-electron chi connectivity index (χ0n) is 14.7. The monoisotopic (exact) mass is 357 g/mol. The van der Waals surface area contributed by atoms with E-state index in [4.69, 9.17) is 15.0 Å². The number of aliphatic hydroxyl groups excluding tert-OH is 1. The van der Waals surface area contributed by atoms with Gasteiger partial charge in [0.25, 0.3) is 0 Å². The third-order valence-corrected chi connectivity index (χ3v) is 4.87. The number of hydrogen-bond acceptors (Lipinski definition) is 5. The highest BCUT2D eigenvalue weighted by Crippen LogP contribution is 2.30. The number of imidazole rings is 1. The molecule has 5 rings (SSSR count). The lowest BCUT2D eigenvalue weighted by Gasteiger charge is -2.17. The van der Waals surface area contributed by atoms with Crippen LogP contribution >= 0.6 is 0 Å². The molecule has 0 amide bonds. The highest BCUT2D eigenvalue weighted by atomic mass is 16.3. The number of aromatic nitrogens is 4. The van der Waals surface area contributed by atoms with Gasteiger partial charge < -0.3 is 15.0 Å². The minimum Gasteiger partial charge on any atom is -0.391 e. The van der Waals surface area contributed by atoms with E-state index < -0.39 is 0 Å². The van der Waals surface area contributed by atoms with Crippen molar-refractivity contribution in [3.63, 3.8) is 0 Å². The summed E-state index contributed by atoms with van der Waals surface area (Å²) in [7, 11) is 0. The lowest BCUT2D eigenvalue weighted by molar-refractivity contribution is 0.198. The normalized spacial score (nSPS) is 16.9. The first kappa shape index (κ1) is 16.0. The summed E-state index contributed by atoms with van der Waals surface area (Å²) < 4.78 is 0. The lowest BCUT2D eigenvalue weighted by Crippen LogP contribution is -2.23. The molecule has 134 valence electrons. The molecule has 1 saturated heterocycles. The van der Waals surface area contributed by atoms with Crippen molar-refractivity contribution in [2.75, 3.05) is 18.0 Å². The zero-order chi connectivity index (χ0) is 18.2. The predicted octanol–water partition coefficient (Wildman–Crippen LogP) is 3.26. The van der Waals surface area contributed by atoms with Gasteiger partial charge in [0.05, 0.1) is 6.10 Å². The second-order valence-corrected chi connectivity index (χ2v) is 6.78. The van der Waals surface area contributed by atoms with Gasteiger partial charge in [-0.15, -0.1) is 0 Å². The number of fused-ring (bicyclic) bond motifs is 1. The maximum absolute atomic E-state index is 9.99. The number of nitrogens with zero attached hydrogens (tertiary/aromatic N) is 4. The van der Waals surface area contributed by atoms with Gasteiger partial charge in [0, 0.05) is 24.2 Å². The summed E-state index contributed by atoms with van der Waals surface area (Å²) in [6.07, 6.45) is 0.415. The summed E-state index contributed by atoms with van der Waals surface area (Å²) in [4.78, 5) is 19.7. The molecule has 3 heterocycles. The standard InChI is InChI=1S/C21H19N5O/c27-16-11-12-26(13-16)21-17-20(23-18(22-17)14-7-3-1-4-8-14)24-19(25-21)15-9-5-2-6-10-15/h1-10,16,27H,11-13H2,(H,22,23,24,25). The van der Waals surface area contributed by atoms with Gasteiger partial charge in [-0.1, -0.05) is 60.7 Å². The molecule has 1 fully saturated rings. The van der Waals surface area contributed by atoms with Gasteiger partial charge in [0.15, 0.2) is 17.3 Å². The Morgan fingerprint density at radius 3 is 2.26 bits per heavy atom. The fourth-order valence-electron chi connectivity index (χ4n) is 3.49. The minimum absolute atomic E-state index is 0.327. The van der Waals surface area contributed by atoms with Crippen LogP contribution in [0.5, 0.6) is 0 Å². The fourth-order valence-corrected chi connectivity index (χ4v) is 3.49. The summed E-state index contributed by atoms with van der Waals surface area (Å²) in [5, 5.41) is 9.99. The number of aliphatic hydroxyl groups is 1. The van der Waals surface area contributed by atoms with Crippen molar-refractivity contribution in [1.29, 1.82) is 0 Å². The SMILES string of the molecule is OC1CCN(c2nc(-c3ccccc3)nc3nc(-c4ccccc4)[nH]c23)C1. The Bertz CT molecular complexity index is 1080. The number of aromatic amines is 1. The van der Waals surface area contributed by atoms with Crippen LogP contribution in [0.2, 0.25) is 0 Å². The van der Waals surface area contributed by atoms with Gasteiger partial charge >= 0.3 is 0 Å². The van der Waals surface area contributed by atoms with E-state index in [0.717, 1.165) is 41.3 Å². The second-order valence-electron chi connectivity index (χ2n) is 6.78. The minimum atomic E-state index is -0.327. The van der Waals surface area contributed by atoms with E-state index >= 15 is 0 Å². The van der Waals surface area contributed by atoms with Gasteiger partial charge in [-0.2, -0.15) is 0 Å². The molecule has 4 aromatic rings. The molecule has 2 N–H and O–H groups in total. The van der Waals surface area contributed by atoms with Crippen molar-refractivity contribution in [2.45, 2.75) is 12.5 Å². The van der Waals surface area contributed by atoms with Crippen LogP contribution in [0.25, 0.3) is 33.9 Å². The third-order valence-electron chi connectivity index (χ3n) is 4.87. The number of anilines is 1. The highest BCUT2D eigenvalue weighted by molar-refractivity contribution is 5.88. The summed E-state index contributed by atoms with van der Waals surface area (Å²) in [6, 6.07) is 19.9. The number of benzene rings is 2. The Hall–Kier alpha value is -3.25. The molecule has 1 aliphatic heterocycles. The number of H-pyrrole nitrogens is 1. The van der Waals surface area contributed by atoms with Crippen molar-refractivity contribution in [1.82, 2.24) is 19.9 Å². The highest BCUT2D eigenvalue weighted by Gasteiger charge is 2.25. The van der Waals surface area contributed by atoms with Gasteiger partial charge in [0.1, 0.15) is 11.3 Å². The Balaban J connectivity index is 1.70. The third kappa shape index (κ3) is 2.94. The Kier molecular flexibility index (Phi) is 3.83. The molecular weight excluding hydrogens is 338 g/mol. The van der Waals surface area contributed by atoms with E-state index in [9.17, 15) is 5.11 Å². The molecule has 6 nitrogen and oxygen atoms in total. The summed E-state index contributed by atoms with van der Waals surface area (Å²) in [6.45, 7) is 1.33. The summed E-state index contributed by atoms with van der Waals surface area (Å²) in [5.41, 5.74) is 3.40. The fraction of sp³-hybridized carbons (Fsp3) is 0.190.